The lowest BCUT2D eigenvalue weighted by Gasteiger charge is -2.24. The molecule has 1 fully saturated rings. The zero-order valence-corrected chi connectivity index (χ0v) is 11.3. The number of hydrogen-bond donors (Lipinski definition) is 2. The van der Waals surface area contributed by atoms with Crippen LogP contribution in [-0.2, 0) is 4.79 Å². The highest BCUT2D eigenvalue weighted by Gasteiger charge is 2.15. The molecule has 2 N–H and O–H groups in total. The van der Waals surface area contributed by atoms with Crippen LogP contribution in [0.4, 0.5) is 0 Å². The van der Waals surface area contributed by atoms with Crippen LogP contribution in [0.15, 0.2) is 0 Å². The molecule has 1 atom stereocenters. The van der Waals surface area contributed by atoms with E-state index < -0.39 is 0 Å². The molecule has 0 spiro atoms. The van der Waals surface area contributed by atoms with Gasteiger partial charge in [-0.05, 0) is 45.8 Å². The summed E-state index contributed by atoms with van der Waals surface area (Å²) in [7, 11) is 3.85. The minimum Gasteiger partial charge on any atom is -0.346 e. The molecule has 4 nitrogen and oxygen atoms in total. The molecule has 0 aromatic rings. The molecule has 1 heterocycles. The summed E-state index contributed by atoms with van der Waals surface area (Å²) in [5, 5.41) is 6.58. The summed E-state index contributed by atoms with van der Waals surface area (Å²) in [6.45, 7) is 2.95. The Labute approximate surface area is 105 Å². The van der Waals surface area contributed by atoms with E-state index in [0.29, 0.717) is 12.5 Å². The maximum absolute atomic E-state index is 11.9. The van der Waals surface area contributed by atoms with E-state index in [1.165, 1.54) is 19.3 Å². The largest absolute Gasteiger partial charge is 0.346 e. The molecule has 1 rings (SSSR count). The molecular formula is C13H27N3O. The predicted octanol–water partition coefficient (Wildman–Crippen LogP) is 0.977. The van der Waals surface area contributed by atoms with Gasteiger partial charge in [-0.25, -0.2) is 0 Å². The Bertz CT molecular complexity index is 215. The molecule has 1 amide bonds. The monoisotopic (exact) mass is 241 g/mol. The highest BCUT2D eigenvalue weighted by atomic mass is 16.2. The lowest BCUT2D eigenvalue weighted by Crippen LogP contribution is -2.36. The van der Waals surface area contributed by atoms with Gasteiger partial charge in [-0.3, -0.25) is 4.79 Å². The third kappa shape index (κ3) is 6.03. The third-order valence-electron chi connectivity index (χ3n) is 3.47. The zero-order chi connectivity index (χ0) is 12.5. The fourth-order valence-electron chi connectivity index (χ4n) is 2.28. The van der Waals surface area contributed by atoms with E-state index >= 15 is 0 Å². The second-order valence-corrected chi connectivity index (χ2v) is 4.96. The molecule has 0 aliphatic carbocycles. The molecule has 0 aromatic heterocycles. The first kappa shape index (κ1) is 14.5. The molecule has 1 aliphatic rings. The first-order valence-electron chi connectivity index (χ1n) is 6.86. The number of carbonyl (C=O) groups is 1. The maximum atomic E-state index is 11.9. The Morgan fingerprint density at radius 3 is 2.94 bits per heavy atom. The molecule has 1 saturated heterocycles. The highest BCUT2D eigenvalue weighted by Crippen LogP contribution is 2.12. The van der Waals surface area contributed by atoms with E-state index in [4.69, 9.17) is 0 Å². The van der Waals surface area contributed by atoms with Crippen molar-refractivity contribution in [2.45, 2.75) is 44.6 Å². The van der Waals surface area contributed by atoms with Crippen LogP contribution in [0, 0.1) is 0 Å². The number of rotatable bonds is 7. The van der Waals surface area contributed by atoms with Crippen molar-refractivity contribution < 1.29 is 4.79 Å². The smallest absolute Gasteiger partial charge is 0.222 e. The van der Waals surface area contributed by atoms with Crippen molar-refractivity contribution in [1.82, 2.24) is 15.5 Å². The lowest BCUT2D eigenvalue weighted by atomic mass is 10.0. The second-order valence-electron chi connectivity index (χ2n) is 4.96. The number of piperidine rings is 1. The van der Waals surface area contributed by atoms with Crippen molar-refractivity contribution in [3.05, 3.63) is 0 Å². The SMILES string of the molecule is CNCCCN(C)C(=O)CCC1CCCCN1. The van der Waals surface area contributed by atoms with Gasteiger partial charge in [0.2, 0.25) is 5.91 Å². The van der Waals surface area contributed by atoms with Crippen LogP contribution >= 0.6 is 0 Å². The Kier molecular flexibility index (Phi) is 7.21. The van der Waals surface area contributed by atoms with E-state index in [-0.39, 0.29) is 5.91 Å². The highest BCUT2D eigenvalue weighted by molar-refractivity contribution is 5.75. The molecule has 1 aliphatic heterocycles. The van der Waals surface area contributed by atoms with Gasteiger partial charge in [0.25, 0.3) is 0 Å². The van der Waals surface area contributed by atoms with Gasteiger partial charge in [-0.2, -0.15) is 0 Å². The molecule has 0 bridgehead atoms. The van der Waals surface area contributed by atoms with Gasteiger partial charge in [0.15, 0.2) is 0 Å². The van der Waals surface area contributed by atoms with Gasteiger partial charge >= 0.3 is 0 Å². The van der Waals surface area contributed by atoms with Crippen molar-refractivity contribution >= 4 is 5.91 Å². The molecule has 0 radical (unpaired) electrons. The molecule has 100 valence electrons. The number of nitrogens with zero attached hydrogens (tertiary/aromatic N) is 1. The van der Waals surface area contributed by atoms with Crippen molar-refractivity contribution in [3.8, 4) is 0 Å². The van der Waals surface area contributed by atoms with Crippen LogP contribution in [0.1, 0.15) is 38.5 Å². The summed E-state index contributed by atoms with van der Waals surface area (Å²) in [5.41, 5.74) is 0. The average Bonchev–Trinajstić information content (AvgIpc) is 2.37. The molecule has 1 unspecified atom stereocenters. The van der Waals surface area contributed by atoms with Gasteiger partial charge in [-0.15, -0.1) is 0 Å². The van der Waals surface area contributed by atoms with Crippen molar-refractivity contribution in [3.63, 3.8) is 0 Å². The van der Waals surface area contributed by atoms with Gasteiger partial charge in [0.05, 0.1) is 0 Å². The molecule has 17 heavy (non-hydrogen) atoms. The average molecular weight is 241 g/mol. The Balaban J connectivity index is 2.10. The number of amides is 1. The van der Waals surface area contributed by atoms with E-state index in [1.54, 1.807) is 0 Å². The fraction of sp³-hybridized carbons (Fsp3) is 0.923. The van der Waals surface area contributed by atoms with Crippen LogP contribution in [-0.4, -0.2) is 50.6 Å². The van der Waals surface area contributed by atoms with Crippen molar-refractivity contribution in [2.24, 2.45) is 0 Å². The van der Waals surface area contributed by atoms with Gasteiger partial charge < -0.3 is 15.5 Å². The normalized spacial score (nSPS) is 20.2. The Hall–Kier alpha value is -0.610. The van der Waals surface area contributed by atoms with Crippen LogP contribution in [0.3, 0.4) is 0 Å². The van der Waals surface area contributed by atoms with E-state index in [2.05, 4.69) is 10.6 Å². The Morgan fingerprint density at radius 2 is 2.29 bits per heavy atom. The second kappa shape index (κ2) is 8.48. The number of nitrogens with one attached hydrogen (secondary N) is 2. The van der Waals surface area contributed by atoms with Gasteiger partial charge in [0, 0.05) is 26.1 Å². The number of carbonyl (C=O) groups excluding carboxylic acids is 1. The van der Waals surface area contributed by atoms with Crippen LogP contribution in [0.25, 0.3) is 0 Å². The summed E-state index contributed by atoms with van der Waals surface area (Å²) >= 11 is 0. The van der Waals surface area contributed by atoms with E-state index in [0.717, 1.165) is 32.5 Å². The standard InChI is InChI=1S/C13H27N3O/c1-14-9-5-11-16(2)13(17)8-7-12-6-3-4-10-15-12/h12,14-15H,3-11H2,1-2H3. The van der Waals surface area contributed by atoms with Gasteiger partial charge in [0.1, 0.15) is 0 Å². The first-order chi connectivity index (χ1) is 8.24. The third-order valence-corrected chi connectivity index (χ3v) is 3.47. The van der Waals surface area contributed by atoms with Crippen molar-refractivity contribution in [2.75, 3.05) is 33.7 Å². The van der Waals surface area contributed by atoms with Crippen LogP contribution < -0.4 is 10.6 Å². The summed E-state index contributed by atoms with van der Waals surface area (Å²) in [6.07, 6.45) is 6.54. The molecular weight excluding hydrogens is 214 g/mol. The quantitative estimate of drug-likeness (QED) is 0.653. The molecule has 4 heteroatoms. The molecule has 0 aromatic carbocycles. The first-order valence-corrected chi connectivity index (χ1v) is 6.86. The lowest BCUT2D eigenvalue weighted by molar-refractivity contribution is -0.130. The fourth-order valence-corrected chi connectivity index (χ4v) is 2.28. The molecule has 0 saturated carbocycles. The minimum absolute atomic E-state index is 0.286. The number of hydrogen-bond acceptors (Lipinski definition) is 3. The predicted molar refractivity (Wildman–Crippen MR) is 71.1 cm³/mol. The van der Waals surface area contributed by atoms with Crippen LogP contribution in [0.5, 0.6) is 0 Å². The summed E-state index contributed by atoms with van der Waals surface area (Å²) in [5.74, 6) is 0.286. The summed E-state index contributed by atoms with van der Waals surface area (Å²) < 4.78 is 0. The Morgan fingerprint density at radius 1 is 1.47 bits per heavy atom. The van der Waals surface area contributed by atoms with Gasteiger partial charge in [-0.1, -0.05) is 6.42 Å². The van der Waals surface area contributed by atoms with Crippen molar-refractivity contribution in [1.29, 1.82) is 0 Å². The van der Waals surface area contributed by atoms with E-state index in [9.17, 15) is 4.79 Å². The topological polar surface area (TPSA) is 44.4 Å². The zero-order valence-electron chi connectivity index (χ0n) is 11.3. The van der Waals surface area contributed by atoms with E-state index in [1.807, 2.05) is 19.0 Å². The minimum atomic E-state index is 0.286. The van der Waals surface area contributed by atoms with Crippen LogP contribution in [0.2, 0.25) is 0 Å². The summed E-state index contributed by atoms with van der Waals surface area (Å²) in [4.78, 5) is 13.7. The summed E-state index contributed by atoms with van der Waals surface area (Å²) in [6, 6.07) is 0.568. The maximum Gasteiger partial charge on any atom is 0.222 e.